The molecule has 0 aliphatic rings. The molecule has 0 unspecified atom stereocenters. The number of ether oxygens (including phenoxy) is 1. The van der Waals surface area contributed by atoms with E-state index in [2.05, 4.69) is 29.2 Å². The van der Waals surface area contributed by atoms with Crippen LogP contribution in [0.25, 0.3) is 0 Å². The zero-order valence-corrected chi connectivity index (χ0v) is 11.4. The van der Waals surface area contributed by atoms with Crippen LogP contribution in [0.1, 0.15) is 26.5 Å². The minimum absolute atomic E-state index is 0.274. The third kappa shape index (κ3) is 5.79. The highest BCUT2D eigenvalue weighted by Crippen LogP contribution is 1.97. The van der Waals surface area contributed by atoms with Crippen LogP contribution in [0.4, 0.5) is 0 Å². The summed E-state index contributed by atoms with van der Waals surface area (Å²) >= 11 is 0. The minimum Gasteiger partial charge on any atom is -0.377 e. The van der Waals surface area contributed by atoms with E-state index >= 15 is 0 Å². The molecule has 1 rings (SSSR count). The first-order chi connectivity index (χ1) is 8.11. The standard InChI is InChI=1S/C12H24N4O/c1-5-15(4)7-6-12-10-16(14-13-12)8-9-17-11(2)3/h10-11H,5-9H2,1-4H3. The van der Waals surface area contributed by atoms with Gasteiger partial charge in [0.2, 0.25) is 0 Å². The highest BCUT2D eigenvalue weighted by molar-refractivity contribution is 4.92. The average molecular weight is 240 g/mol. The third-order valence-corrected chi connectivity index (χ3v) is 2.65. The monoisotopic (exact) mass is 240 g/mol. The van der Waals surface area contributed by atoms with E-state index in [0.717, 1.165) is 31.7 Å². The van der Waals surface area contributed by atoms with Crippen molar-refractivity contribution in [2.75, 3.05) is 26.7 Å². The summed E-state index contributed by atoms with van der Waals surface area (Å²) in [6.45, 7) is 9.78. The first-order valence-electron chi connectivity index (χ1n) is 6.31. The summed E-state index contributed by atoms with van der Waals surface area (Å²) in [5.74, 6) is 0. The largest absolute Gasteiger partial charge is 0.377 e. The lowest BCUT2D eigenvalue weighted by atomic mass is 10.3. The van der Waals surface area contributed by atoms with E-state index in [1.54, 1.807) is 0 Å². The summed E-state index contributed by atoms with van der Waals surface area (Å²) < 4.78 is 7.32. The minimum atomic E-state index is 0.274. The van der Waals surface area contributed by atoms with E-state index in [1.165, 1.54) is 0 Å². The molecule has 0 aliphatic carbocycles. The van der Waals surface area contributed by atoms with E-state index in [1.807, 2.05) is 24.7 Å². The third-order valence-electron chi connectivity index (χ3n) is 2.65. The Kier molecular flexibility index (Phi) is 6.15. The number of likely N-dealkylation sites (N-methyl/N-ethyl adjacent to an activating group) is 1. The van der Waals surface area contributed by atoms with Crippen molar-refractivity contribution < 1.29 is 4.74 Å². The SMILES string of the molecule is CCN(C)CCc1cn(CCOC(C)C)nn1. The van der Waals surface area contributed by atoms with Crippen molar-refractivity contribution in [2.24, 2.45) is 0 Å². The molecule has 0 fully saturated rings. The molecule has 0 aromatic carbocycles. The number of nitrogens with zero attached hydrogens (tertiary/aromatic N) is 4. The Morgan fingerprint density at radius 3 is 2.88 bits per heavy atom. The lowest BCUT2D eigenvalue weighted by molar-refractivity contribution is 0.0707. The summed E-state index contributed by atoms with van der Waals surface area (Å²) in [7, 11) is 2.11. The fraction of sp³-hybridized carbons (Fsp3) is 0.833. The Labute approximate surface area is 104 Å². The van der Waals surface area contributed by atoms with Gasteiger partial charge in [0.25, 0.3) is 0 Å². The molecule has 1 aromatic heterocycles. The van der Waals surface area contributed by atoms with Gasteiger partial charge >= 0.3 is 0 Å². The Morgan fingerprint density at radius 1 is 1.47 bits per heavy atom. The van der Waals surface area contributed by atoms with Gasteiger partial charge in [-0.2, -0.15) is 0 Å². The van der Waals surface area contributed by atoms with Crippen LogP contribution < -0.4 is 0 Å². The van der Waals surface area contributed by atoms with Crippen LogP contribution in [0.2, 0.25) is 0 Å². The highest BCUT2D eigenvalue weighted by atomic mass is 16.5. The Balaban J connectivity index is 2.27. The smallest absolute Gasteiger partial charge is 0.0839 e. The van der Waals surface area contributed by atoms with Crippen LogP contribution >= 0.6 is 0 Å². The van der Waals surface area contributed by atoms with Gasteiger partial charge in [0.1, 0.15) is 0 Å². The van der Waals surface area contributed by atoms with Crippen molar-refractivity contribution in [3.8, 4) is 0 Å². The van der Waals surface area contributed by atoms with Gasteiger partial charge in [0, 0.05) is 19.2 Å². The summed E-state index contributed by atoms with van der Waals surface area (Å²) in [6, 6.07) is 0. The van der Waals surface area contributed by atoms with Crippen molar-refractivity contribution >= 4 is 0 Å². The first-order valence-corrected chi connectivity index (χ1v) is 6.31. The van der Waals surface area contributed by atoms with Crippen LogP contribution in [-0.4, -0.2) is 52.7 Å². The van der Waals surface area contributed by atoms with Gasteiger partial charge in [-0.1, -0.05) is 12.1 Å². The maximum absolute atomic E-state index is 5.47. The second kappa shape index (κ2) is 7.40. The lowest BCUT2D eigenvalue weighted by Crippen LogP contribution is -2.20. The van der Waals surface area contributed by atoms with Gasteiger partial charge in [-0.15, -0.1) is 5.10 Å². The second-order valence-electron chi connectivity index (χ2n) is 4.54. The fourth-order valence-electron chi connectivity index (χ4n) is 1.41. The molecule has 0 aliphatic heterocycles. The summed E-state index contributed by atoms with van der Waals surface area (Å²) in [5.41, 5.74) is 1.05. The van der Waals surface area contributed by atoms with Crippen LogP contribution in [0, 0.1) is 0 Å². The normalized spacial score (nSPS) is 11.6. The van der Waals surface area contributed by atoms with E-state index in [4.69, 9.17) is 4.74 Å². The van der Waals surface area contributed by atoms with E-state index in [0.29, 0.717) is 6.61 Å². The van der Waals surface area contributed by atoms with Gasteiger partial charge in [-0.05, 0) is 27.4 Å². The summed E-state index contributed by atoms with van der Waals surface area (Å²) in [6.07, 6.45) is 3.24. The predicted octanol–water partition coefficient (Wildman–Crippen LogP) is 1.20. The zero-order chi connectivity index (χ0) is 12.7. The van der Waals surface area contributed by atoms with Crippen LogP contribution in [0.5, 0.6) is 0 Å². The number of hydrogen-bond donors (Lipinski definition) is 0. The molecule has 1 heterocycles. The Hall–Kier alpha value is -0.940. The van der Waals surface area contributed by atoms with Crippen LogP contribution in [0.15, 0.2) is 6.20 Å². The molecule has 1 aromatic rings. The zero-order valence-electron chi connectivity index (χ0n) is 11.4. The average Bonchev–Trinajstić information content (AvgIpc) is 2.73. The van der Waals surface area contributed by atoms with Crippen molar-refractivity contribution in [2.45, 2.75) is 39.8 Å². The molecule has 0 saturated heterocycles. The molecule has 17 heavy (non-hydrogen) atoms. The van der Waals surface area contributed by atoms with Crippen molar-refractivity contribution in [1.29, 1.82) is 0 Å². The van der Waals surface area contributed by atoms with E-state index in [9.17, 15) is 0 Å². The molecular weight excluding hydrogens is 216 g/mol. The van der Waals surface area contributed by atoms with Crippen molar-refractivity contribution in [3.05, 3.63) is 11.9 Å². The fourth-order valence-corrected chi connectivity index (χ4v) is 1.41. The van der Waals surface area contributed by atoms with Crippen LogP contribution in [-0.2, 0) is 17.7 Å². The molecule has 0 amide bonds. The highest BCUT2D eigenvalue weighted by Gasteiger charge is 2.02. The number of hydrogen-bond acceptors (Lipinski definition) is 4. The van der Waals surface area contributed by atoms with Gasteiger partial charge in [0.05, 0.1) is 24.9 Å². The second-order valence-corrected chi connectivity index (χ2v) is 4.54. The molecule has 5 nitrogen and oxygen atoms in total. The first kappa shape index (κ1) is 14.1. The summed E-state index contributed by atoms with van der Waals surface area (Å²) in [4.78, 5) is 2.26. The van der Waals surface area contributed by atoms with Gasteiger partial charge in [-0.3, -0.25) is 0 Å². The Bertz CT molecular complexity index is 311. The van der Waals surface area contributed by atoms with Gasteiger partial charge in [-0.25, -0.2) is 4.68 Å². The van der Waals surface area contributed by atoms with E-state index < -0.39 is 0 Å². The van der Waals surface area contributed by atoms with Crippen molar-refractivity contribution in [1.82, 2.24) is 19.9 Å². The maximum Gasteiger partial charge on any atom is 0.0839 e. The molecule has 0 saturated carbocycles. The molecular formula is C12H24N4O. The predicted molar refractivity (Wildman–Crippen MR) is 68.0 cm³/mol. The molecule has 98 valence electrons. The van der Waals surface area contributed by atoms with Gasteiger partial charge < -0.3 is 9.64 Å². The number of rotatable bonds is 8. The lowest BCUT2D eigenvalue weighted by Gasteiger charge is -2.11. The Morgan fingerprint density at radius 2 is 2.24 bits per heavy atom. The van der Waals surface area contributed by atoms with Crippen molar-refractivity contribution in [3.63, 3.8) is 0 Å². The number of aromatic nitrogens is 3. The quantitative estimate of drug-likeness (QED) is 0.685. The van der Waals surface area contributed by atoms with Gasteiger partial charge in [0.15, 0.2) is 0 Å². The molecule has 0 spiro atoms. The van der Waals surface area contributed by atoms with Crippen LogP contribution in [0.3, 0.4) is 0 Å². The molecule has 0 radical (unpaired) electrons. The molecule has 0 bridgehead atoms. The molecule has 5 heteroatoms. The maximum atomic E-state index is 5.47. The van der Waals surface area contributed by atoms with E-state index in [-0.39, 0.29) is 6.10 Å². The molecule has 0 N–H and O–H groups in total. The topological polar surface area (TPSA) is 43.2 Å². The molecule has 0 atom stereocenters. The summed E-state index contributed by atoms with van der Waals surface area (Å²) in [5, 5.41) is 8.24.